The number of aliphatic hydroxyl groups is 4. The van der Waals surface area contributed by atoms with Gasteiger partial charge in [-0.25, -0.2) is 0 Å². The molecular weight excluding hydrogens is 136 g/mol. The Kier molecular flexibility index (Phi) is 3.67. The zero-order valence-electron chi connectivity index (χ0n) is 5.81. The third-order valence-corrected chi connectivity index (χ3v) is 1.24. The Morgan fingerprint density at radius 1 is 1.00 bits per heavy atom. The Morgan fingerprint density at radius 3 is 1.50 bits per heavy atom. The van der Waals surface area contributed by atoms with Gasteiger partial charge in [-0.2, -0.15) is 0 Å². The van der Waals surface area contributed by atoms with Crippen LogP contribution in [0.2, 0.25) is 0 Å². The Bertz CT molecular complexity index is 79.7. The molecule has 0 aromatic carbocycles. The van der Waals surface area contributed by atoms with E-state index in [9.17, 15) is 0 Å². The molecule has 0 aromatic heterocycles. The zero-order chi connectivity index (χ0) is 8.31. The van der Waals surface area contributed by atoms with Gasteiger partial charge in [0.25, 0.3) is 0 Å². The highest BCUT2D eigenvalue weighted by atomic mass is 16.4. The summed E-state index contributed by atoms with van der Waals surface area (Å²) in [5.41, 5.74) is 0. The fourth-order valence-electron chi connectivity index (χ4n) is 0.513. The van der Waals surface area contributed by atoms with E-state index in [1.165, 1.54) is 6.92 Å². The molecule has 0 fully saturated rings. The summed E-state index contributed by atoms with van der Waals surface area (Å²) in [6, 6.07) is 0. The van der Waals surface area contributed by atoms with Gasteiger partial charge in [0, 0.05) is 0 Å². The highest BCUT2D eigenvalue weighted by molar-refractivity contribution is 4.79. The summed E-state index contributed by atoms with van der Waals surface area (Å²) in [6.45, 7) is 4.39. The standard InChI is InChI=1S/C6H13O4/c1-3(7)5(9)6(10)4(2)8/h3-10H,1H2,2H3/q+1. The molecule has 0 bridgehead atoms. The molecule has 4 unspecified atom stereocenters. The number of hydrogen-bond donors (Lipinski definition) is 4. The first-order valence-corrected chi connectivity index (χ1v) is 3.02. The molecule has 0 rings (SSSR count). The minimum absolute atomic E-state index is 1.06. The van der Waals surface area contributed by atoms with Gasteiger partial charge in [-0.15, -0.1) is 0 Å². The second-order valence-electron chi connectivity index (χ2n) is 2.29. The molecule has 4 atom stereocenters. The van der Waals surface area contributed by atoms with Crippen molar-refractivity contribution in [1.82, 2.24) is 0 Å². The van der Waals surface area contributed by atoms with Gasteiger partial charge in [-0.1, -0.05) is 0 Å². The van der Waals surface area contributed by atoms with E-state index in [1.54, 1.807) is 0 Å². The molecule has 0 aromatic rings. The van der Waals surface area contributed by atoms with Crippen LogP contribution in [-0.4, -0.2) is 44.8 Å². The van der Waals surface area contributed by atoms with Gasteiger partial charge in [0.05, 0.1) is 13.0 Å². The summed E-state index contributed by atoms with van der Waals surface area (Å²) in [6.07, 6.45) is -5.07. The number of hydrogen-bond acceptors (Lipinski definition) is 4. The molecule has 0 aliphatic rings. The van der Waals surface area contributed by atoms with Crippen LogP contribution in [0.4, 0.5) is 0 Å². The van der Waals surface area contributed by atoms with Gasteiger partial charge in [0.1, 0.15) is 6.10 Å². The van der Waals surface area contributed by atoms with E-state index in [2.05, 4.69) is 6.92 Å². The Morgan fingerprint density at radius 2 is 1.40 bits per heavy atom. The second kappa shape index (κ2) is 3.78. The van der Waals surface area contributed by atoms with Crippen LogP contribution in [0.1, 0.15) is 6.92 Å². The van der Waals surface area contributed by atoms with Gasteiger partial charge in [0.15, 0.2) is 6.10 Å². The fraction of sp³-hybridized carbons (Fsp3) is 0.833. The average Bonchev–Trinajstić information content (AvgIpc) is 1.84. The van der Waals surface area contributed by atoms with Crippen molar-refractivity contribution in [2.24, 2.45) is 0 Å². The van der Waals surface area contributed by atoms with E-state index in [0.717, 1.165) is 0 Å². The van der Waals surface area contributed by atoms with Crippen LogP contribution in [-0.2, 0) is 0 Å². The SMILES string of the molecule is [CH2+]C(O)C(O)C(O)C(C)O. The Balaban J connectivity index is 3.81. The largest absolute Gasteiger partial charge is 0.391 e. The third kappa shape index (κ3) is 2.53. The van der Waals surface area contributed by atoms with Gasteiger partial charge < -0.3 is 20.4 Å². The molecule has 0 saturated carbocycles. The molecule has 60 valence electrons. The predicted octanol–water partition coefficient (Wildman–Crippen LogP) is -1.72. The first kappa shape index (κ1) is 9.71. The molecule has 0 radical (unpaired) electrons. The Hall–Kier alpha value is -0.290. The third-order valence-electron chi connectivity index (χ3n) is 1.24. The zero-order valence-corrected chi connectivity index (χ0v) is 5.81. The van der Waals surface area contributed by atoms with Crippen LogP contribution >= 0.6 is 0 Å². The summed E-state index contributed by atoms with van der Waals surface area (Å²) in [5, 5.41) is 35.0. The van der Waals surface area contributed by atoms with Gasteiger partial charge in [0.2, 0.25) is 6.10 Å². The molecule has 0 aliphatic heterocycles. The lowest BCUT2D eigenvalue weighted by Crippen LogP contribution is -2.42. The quantitative estimate of drug-likeness (QED) is 0.360. The molecule has 0 saturated heterocycles. The van der Waals surface area contributed by atoms with Gasteiger partial charge in [-0.3, -0.25) is 0 Å². The van der Waals surface area contributed by atoms with Crippen LogP contribution in [0, 0.1) is 6.92 Å². The molecule has 0 spiro atoms. The van der Waals surface area contributed by atoms with Crippen molar-refractivity contribution in [2.75, 3.05) is 0 Å². The summed E-state index contributed by atoms with van der Waals surface area (Å²) in [4.78, 5) is 0. The molecule has 0 heterocycles. The highest BCUT2D eigenvalue weighted by Gasteiger charge is 2.28. The van der Waals surface area contributed by atoms with E-state index < -0.39 is 24.4 Å². The fourth-order valence-corrected chi connectivity index (χ4v) is 0.513. The van der Waals surface area contributed by atoms with E-state index in [4.69, 9.17) is 20.4 Å². The van der Waals surface area contributed by atoms with Crippen molar-refractivity contribution in [2.45, 2.75) is 31.3 Å². The van der Waals surface area contributed by atoms with Crippen molar-refractivity contribution in [3.8, 4) is 0 Å². The lowest BCUT2D eigenvalue weighted by atomic mass is 10.1. The summed E-state index contributed by atoms with van der Waals surface area (Å²) in [5.74, 6) is 0. The number of aliphatic hydroxyl groups excluding tert-OH is 4. The number of rotatable bonds is 3. The molecule has 0 amide bonds. The molecule has 4 nitrogen and oxygen atoms in total. The van der Waals surface area contributed by atoms with Crippen LogP contribution in [0.5, 0.6) is 0 Å². The van der Waals surface area contributed by atoms with Crippen LogP contribution in [0.15, 0.2) is 0 Å². The van der Waals surface area contributed by atoms with E-state index >= 15 is 0 Å². The lowest BCUT2D eigenvalue weighted by molar-refractivity contribution is -0.0883. The first-order valence-electron chi connectivity index (χ1n) is 3.02. The highest BCUT2D eigenvalue weighted by Crippen LogP contribution is 2.02. The second-order valence-corrected chi connectivity index (χ2v) is 2.29. The van der Waals surface area contributed by atoms with Crippen molar-refractivity contribution in [3.05, 3.63) is 6.92 Å². The Labute approximate surface area is 59.7 Å². The smallest absolute Gasteiger partial charge is 0.221 e. The van der Waals surface area contributed by atoms with Crippen molar-refractivity contribution in [1.29, 1.82) is 0 Å². The van der Waals surface area contributed by atoms with Crippen molar-refractivity contribution < 1.29 is 20.4 Å². The summed E-state index contributed by atoms with van der Waals surface area (Å²) < 4.78 is 0. The molecule has 0 aliphatic carbocycles. The first-order chi connectivity index (χ1) is 4.46. The maximum atomic E-state index is 8.87. The van der Waals surface area contributed by atoms with Crippen molar-refractivity contribution in [3.63, 3.8) is 0 Å². The molecule has 4 N–H and O–H groups in total. The molecular formula is C6H13O4+. The van der Waals surface area contributed by atoms with E-state index in [-0.39, 0.29) is 0 Å². The van der Waals surface area contributed by atoms with E-state index in [0.29, 0.717) is 0 Å². The van der Waals surface area contributed by atoms with E-state index in [1.807, 2.05) is 0 Å². The summed E-state index contributed by atoms with van der Waals surface area (Å²) >= 11 is 0. The van der Waals surface area contributed by atoms with Crippen LogP contribution in [0.25, 0.3) is 0 Å². The van der Waals surface area contributed by atoms with Crippen LogP contribution in [0.3, 0.4) is 0 Å². The predicted molar refractivity (Wildman–Crippen MR) is 35.1 cm³/mol. The molecule has 4 heteroatoms. The van der Waals surface area contributed by atoms with Gasteiger partial charge >= 0.3 is 0 Å². The van der Waals surface area contributed by atoms with Crippen LogP contribution < -0.4 is 0 Å². The summed E-state index contributed by atoms with van der Waals surface area (Å²) in [7, 11) is 0. The monoisotopic (exact) mass is 149 g/mol. The molecule has 10 heavy (non-hydrogen) atoms. The average molecular weight is 149 g/mol. The van der Waals surface area contributed by atoms with Gasteiger partial charge in [-0.05, 0) is 6.92 Å². The minimum Gasteiger partial charge on any atom is -0.391 e. The normalized spacial score (nSPS) is 23.3. The lowest BCUT2D eigenvalue weighted by Gasteiger charge is -2.18. The maximum absolute atomic E-state index is 8.87. The maximum Gasteiger partial charge on any atom is 0.221 e. The topological polar surface area (TPSA) is 80.9 Å². The minimum atomic E-state index is -1.39. The van der Waals surface area contributed by atoms with Crippen molar-refractivity contribution >= 4 is 0 Å².